The number of nitro benzene ring substituents is 1. The molecule has 0 saturated carbocycles. The first-order valence-electron chi connectivity index (χ1n) is 7.52. The summed E-state index contributed by atoms with van der Waals surface area (Å²) in [6.07, 6.45) is 5.35. The number of non-ortho nitro benzene ring substituents is 1. The van der Waals surface area contributed by atoms with Gasteiger partial charge in [0, 0.05) is 31.2 Å². The maximum absolute atomic E-state index is 13.7. The van der Waals surface area contributed by atoms with Crippen LogP contribution in [0.4, 0.5) is 15.8 Å². The number of nitrogens with zero attached hydrogens (tertiary/aromatic N) is 1. The molecule has 0 bridgehead atoms. The zero-order valence-corrected chi connectivity index (χ0v) is 13.6. The van der Waals surface area contributed by atoms with Crippen molar-refractivity contribution in [1.82, 2.24) is 5.32 Å². The Labute approximate surface area is 143 Å². The maximum atomic E-state index is 13.7. The number of hydrogen-bond donors (Lipinski definition) is 2. The number of hydrogen-bond acceptors (Lipinski definition) is 5. The van der Waals surface area contributed by atoms with Gasteiger partial charge in [0.05, 0.1) is 23.3 Å². The number of carbonyl (C=O) groups is 1. The average molecular weight is 347 g/mol. The summed E-state index contributed by atoms with van der Waals surface area (Å²) in [5.74, 6) is -0.330. The largest absolute Gasteiger partial charge is 0.497 e. The topological polar surface area (TPSA) is 107 Å². The molecule has 0 fully saturated rings. The molecule has 0 aromatic heterocycles. The van der Waals surface area contributed by atoms with E-state index in [0.717, 1.165) is 11.6 Å². The zero-order chi connectivity index (χ0) is 18.4. The van der Waals surface area contributed by atoms with Gasteiger partial charge in [0.1, 0.15) is 11.6 Å². The van der Waals surface area contributed by atoms with Crippen LogP contribution < -0.4 is 11.1 Å². The molecule has 0 atom stereocenters. The summed E-state index contributed by atoms with van der Waals surface area (Å²) in [5.41, 5.74) is 6.50. The van der Waals surface area contributed by atoms with E-state index < -0.39 is 10.8 Å². The molecule has 8 heteroatoms. The number of carbonyl (C=O) groups excluding carboxylic acids is 1. The number of rotatable bonds is 6. The molecular weight excluding hydrogens is 329 g/mol. The van der Waals surface area contributed by atoms with Crippen molar-refractivity contribution in [2.24, 2.45) is 0 Å². The molecule has 3 N–H and O–H groups in total. The van der Waals surface area contributed by atoms with Crippen molar-refractivity contribution in [3.63, 3.8) is 0 Å². The van der Waals surface area contributed by atoms with E-state index in [0.29, 0.717) is 12.2 Å². The lowest BCUT2D eigenvalue weighted by molar-refractivity contribution is -0.384. The Balaban J connectivity index is 1.95. The summed E-state index contributed by atoms with van der Waals surface area (Å²) in [4.78, 5) is 22.2. The highest BCUT2D eigenvalue weighted by atomic mass is 19.1. The predicted molar refractivity (Wildman–Crippen MR) is 91.4 cm³/mol. The van der Waals surface area contributed by atoms with Gasteiger partial charge >= 0.3 is 0 Å². The highest BCUT2D eigenvalue weighted by Crippen LogP contribution is 2.22. The summed E-state index contributed by atoms with van der Waals surface area (Å²) in [5, 5.41) is 13.3. The number of nitro groups is 1. The van der Waals surface area contributed by atoms with Crippen LogP contribution in [0.15, 0.2) is 53.6 Å². The van der Waals surface area contributed by atoms with Gasteiger partial charge in [0.2, 0.25) is 0 Å². The van der Waals surface area contributed by atoms with Crippen LogP contribution in [-0.4, -0.2) is 24.5 Å². The quantitative estimate of drug-likeness (QED) is 0.467. The lowest BCUT2D eigenvalue weighted by atomic mass is 10.1. The fourth-order valence-electron chi connectivity index (χ4n) is 2.33. The summed E-state index contributed by atoms with van der Waals surface area (Å²) in [6, 6.07) is 3.67. The number of anilines is 1. The Morgan fingerprint density at radius 3 is 2.84 bits per heavy atom. The normalized spacial score (nSPS) is 13.9. The second-order valence-electron chi connectivity index (χ2n) is 5.40. The first-order valence-corrected chi connectivity index (χ1v) is 7.52. The molecule has 0 radical (unpaired) electrons. The zero-order valence-electron chi connectivity index (χ0n) is 13.6. The minimum atomic E-state index is -0.583. The standard InChI is InChI=1S/C17H18FN3O4/c1-25-14-4-2-11(8-12(18)9-14)6-7-20-17(22)15-5-3-13(21(23)24)10-16(15)19/h2-5,9-10H,6-8,19H2,1H3,(H,20,22). The molecule has 7 nitrogen and oxygen atoms in total. The van der Waals surface area contributed by atoms with E-state index in [2.05, 4.69) is 5.32 Å². The summed E-state index contributed by atoms with van der Waals surface area (Å²) in [6.45, 7) is 0.282. The summed E-state index contributed by atoms with van der Waals surface area (Å²) in [7, 11) is 1.46. The number of nitrogens with two attached hydrogens (primary N) is 1. The van der Waals surface area contributed by atoms with Crippen LogP contribution in [0.1, 0.15) is 23.2 Å². The molecule has 0 spiro atoms. The third-order valence-electron chi connectivity index (χ3n) is 3.64. The second-order valence-corrected chi connectivity index (χ2v) is 5.40. The van der Waals surface area contributed by atoms with E-state index in [1.165, 1.54) is 25.3 Å². The third kappa shape index (κ3) is 4.90. The fraction of sp³-hybridized carbons (Fsp3) is 0.235. The SMILES string of the molecule is COC1=CC=C(CCNC(=O)c2ccc([N+](=O)[O-])cc2N)CC(F)=C1. The number of amides is 1. The summed E-state index contributed by atoms with van der Waals surface area (Å²) >= 11 is 0. The minimum absolute atomic E-state index is 0.0297. The van der Waals surface area contributed by atoms with Crippen molar-refractivity contribution in [1.29, 1.82) is 0 Å². The van der Waals surface area contributed by atoms with Gasteiger partial charge in [-0.15, -0.1) is 0 Å². The molecule has 2 rings (SSSR count). The lowest BCUT2D eigenvalue weighted by Crippen LogP contribution is -2.25. The van der Waals surface area contributed by atoms with Gasteiger partial charge in [0.25, 0.3) is 11.6 Å². The number of nitrogen functional groups attached to an aromatic ring is 1. The first kappa shape index (κ1) is 18.2. The molecular formula is C17H18FN3O4. The number of ether oxygens (including phenoxy) is 1. The van der Waals surface area contributed by atoms with Gasteiger partial charge in [-0.25, -0.2) is 4.39 Å². The Kier molecular flexibility index (Phi) is 5.89. The third-order valence-corrected chi connectivity index (χ3v) is 3.64. The van der Waals surface area contributed by atoms with E-state index in [4.69, 9.17) is 10.5 Å². The second kappa shape index (κ2) is 8.09. The van der Waals surface area contributed by atoms with E-state index >= 15 is 0 Å². The number of methoxy groups -OCH3 is 1. The molecule has 1 aliphatic carbocycles. The van der Waals surface area contributed by atoms with Crippen LogP contribution in [0.25, 0.3) is 0 Å². The maximum Gasteiger partial charge on any atom is 0.271 e. The Morgan fingerprint density at radius 1 is 1.44 bits per heavy atom. The van der Waals surface area contributed by atoms with Crippen LogP contribution >= 0.6 is 0 Å². The summed E-state index contributed by atoms with van der Waals surface area (Å²) < 4.78 is 18.7. The van der Waals surface area contributed by atoms with Crippen molar-refractivity contribution in [2.75, 3.05) is 19.4 Å². The van der Waals surface area contributed by atoms with E-state index in [1.54, 1.807) is 12.2 Å². The fourth-order valence-corrected chi connectivity index (χ4v) is 2.33. The molecule has 0 aliphatic heterocycles. The number of nitrogens with one attached hydrogen (secondary N) is 1. The van der Waals surface area contributed by atoms with Gasteiger partial charge < -0.3 is 15.8 Å². The molecule has 1 aliphatic rings. The molecule has 1 aromatic rings. The van der Waals surface area contributed by atoms with Crippen LogP contribution in [0, 0.1) is 10.1 Å². The van der Waals surface area contributed by atoms with Gasteiger partial charge in [-0.3, -0.25) is 14.9 Å². The minimum Gasteiger partial charge on any atom is -0.497 e. The molecule has 25 heavy (non-hydrogen) atoms. The highest BCUT2D eigenvalue weighted by molar-refractivity contribution is 5.99. The number of allylic oxidation sites excluding steroid dienone is 4. The smallest absolute Gasteiger partial charge is 0.271 e. The Hall–Kier alpha value is -3.16. The molecule has 132 valence electrons. The van der Waals surface area contributed by atoms with Gasteiger partial charge in [-0.1, -0.05) is 11.6 Å². The number of benzene rings is 1. The molecule has 0 heterocycles. The van der Waals surface area contributed by atoms with E-state index in [9.17, 15) is 19.3 Å². The van der Waals surface area contributed by atoms with Crippen LogP contribution in [-0.2, 0) is 4.74 Å². The van der Waals surface area contributed by atoms with Crippen LogP contribution in [0.3, 0.4) is 0 Å². The van der Waals surface area contributed by atoms with Crippen LogP contribution in [0.2, 0.25) is 0 Å². The average Bonchev–Trinajstić information content (AvgIpc) is 2.75. The lowest BCUT2D eigenvalue weighted by Gasteiger charge is -2.09. The van der Waals surface area contributed by atoms with Gasteiger partial charge in [-0.2, -0.15) is 0 Å². The molecule has 0 unspecified atom stereocenters. The monoisotopic (exact) mass is 347 g/mol. The van der Waals surface area contributed by atoms with Crippen molar-refractivity contribution in [2.45, 2.75) is 12.8 Å². The van der Waals surface area contributed by atoms with Gasteiger partial charge in [0.15, 0.2) is 0 Å². The molecule has 0 saturated heterocycles. The first-order chi connectivity index (χ1) is 11.9. The van der Waals surface area contributed by atoms with E-state index in [1.807, 2.05) is 0 Å². The van der Waals surface area contributed by atoms with Crippen molar-refractivity contribution in [3.05, 3.63) is 69.3 Å². The Bertz CT molecular complexity index is 784. The van der Waals surface area contributed by atoms with Crippen molar-refractivity contribution in [3.8, 4) is 0 Å². The predicted octanol–water partition coefficient (Wildman–Crippen LogP) is 3.01. The Morgan fingerprint density at radius 2 is 2.20 bits per heavy atom. The highest BCUT2D eigenvalue weighted by Gasteiger charge is 2.14. The van der Waals surface area contributed by atoms with Crippen molar-refractivity contribution < 1.29 is 18.8 Å². The van der Waals surface area contributed by atoms with Crippen LogP contribution in [0.5, 0.6) is 0 Å². The van der Waals surface area contributed by atoms with E-state index in [-0.39, 0.29) is 35.7 Å². The molecule has 1 aromatic carbocycles. The molecule has 1 amide bonds. The number of halogens is 1. The van der Waals surface area contributed by atoms with Crippen molar-refractivity contribution >= 4 is 17.3 Å². The van der Waals surface area contributed by atoms with Gasteiger partial charge in [-0.05, 0) is 18.6 Å².